The van der Waals surface area contributed by atoms with Crippen molar-refractivity contribution in [3.8, 4) is 11.1 Å². The van der Waals surface area contributed by atoms with Gasteiger partial charge in [0, 0.05) is 42.0 Å². The number of nitrogens with two attached hydrogens (primary N) is 1. The zero-order valence-corrected chi connectivity index (χ0v) is 22.7. The van der Waals surface area contributed by atoms with Crippen LogP contribution in [0.3, 0.4) is 0 Å². The van der Waals surface area contributed by atoms with Gasteiger partial charge in [0.25, 0.3) is 0 Å². The highest BCUT2D eigenvalue weighted by Crippen LogP contribution is 2.48. The maximum Gasteiger partial charge on any atom is 0.230 e. The van der Waals surface area contributed by atoms with Crippen LogP contribution in [0.25, 0.3) is 11.1 Å². The molecule has 4 aromatic rings. The van der Waals surface area contributed by atoms with Crippen LogP contribution in [0.4, 0.5) is 5.69 Å². The lowest BCUT2D eigenvalue weighted by Gasteiger charge is -2.27. The van der Waals surface area contributed by atoms with Gasteiger partial charge in [-0.15, -0.1) is 12.4 Å². The lowest BCUT2D eigenvalue weighted by Crippen LogP contribution is -2.43. The minimum absolute atomic E-state index is 0. The van der Waals surface area contributed by atoms with E-state index in [4.69, 9.17) is 5.73 Å². The van der Waals surface area contributed by atoms with Gasteiger partial charge < -0.3 is 10.6 Å². The van der Waals surface area contributed by atoms with Gasteiger partial charge >= 0.3 is 0 Å². The Kier molecular flexibility index (Phi) is 9.33. The van der Waals surface area contributed by atoms with Crippen LogP contribution in [0.2, 0.25) is 0 Å². The van der Waals surface area contributed by atoms with Crippen molar-refractivity contribution in [2.24, 2.45) is 11.7 Å². The number of amides is 1. The fourth-order valence-corrected chi connectivity index (χ4v) is 5.12. The summed E-state index contributed by atoms with van der Waals surface area (Å²) in [5.41, 5.74) is 13.4. The second kappa shape index (κ2) is 12.9. The number of pyridine rings is 1. The second-order valence-corrected chi connectivity index (χ2v) is 10.1. The molecule has 1 aliphatic carbocycles. The van der Waals surface area contributed by atoms with Crippen LogP contribution in [0.1, 0.15) is 42.5 Å². The van der Waals surface area contributed by atoms with Gasteiger partial charge in [-0.3, -0.25) is 9.78 Å². The number of anilines is 1. The normalized spacial score (nSPS) is 16.8. The average molecular weight is 526 g/mol. The molecule has 1 amide bonds. The smallest absolute Gasteiger partial charge is 0.230 e. The van der Waals surface area contributed by atoms with E-state index in [0.29, 0.717) is 6.54 Å². The molecule has 0 radical (unpaired) electrons. The van der Waals surface area contributed by atoms with E-state index in [2.05, 4.69) is 72.6 Å². The fourth-order valence-electron chi connectivity index (χ4n) is 5.12. The van der Waals surface area contributed by atoms with Gasteiger partial charge in [-0.2, -0.15) is 0 Å². The molecule has 196 valence electrons. The molecule has 1 heterocycles. The van der Waals surface area contributed by atoms with Crippen LogP contribution in [0.5, 0.6) is 0 Å². The lowest BCUT2D eigenvalue weighted by atomic mass is 10.0. The van der Waals surface area contributed by atoms with Crippen molar-refractivity contribution in [3.63, 3.8) is 0 Å². The molecule has 0 spiro atoms. The van der Waals surface area contributed by atoms with Crippen LogP contribution in [-0.2, 0) is 17.6 Å². The summed E-state index contributed by atoms with van der Waals surface area (Å²) >= 11 is 0. The molecule has 0 unspecified atom stereocenters. The monoisotopic (exact) mass is 525 g/mol. The lowest BCUT2D eigenvalue weighted by molar-refractivity contribution is -0.120. The molecule has 1 aliphatic rings. The van der Waals surface area contributed by atoms with Gasteiger partial charge in [0.05, 0.1) is 0 Å². The number of aromatic nitrogens is 1. The molecule has 3 aromatic carbocycles. The fraction of sp³-hybridized carbons (Fsp3) is 0.273. The number of halogens is 1. The highest BCUT2D eigenvalue weighted by atomic mass is 35.5. The van der Waals surface area contributed by atoms with E-state index in [-0.39, 0.29) is 36.2 Å². The Labute approximate surface area is 232 Å². The molecular formula is C33H36ClN3O. The number of aryl methyl sites for hydroxylation is 1. The summed E-state index contributed by atoms with van der Waals surface area (Å²) in [4.78, 5) is 20.2. The Morgan fingerprint density at radius 1 is 0.895 bits per heavy atom. The van der Waals surface area contributed by atoms with E-state index in [1.165, 1.54) is 16.7 Å². The quantitative estimate of drug-likeness (QED) is 0.247. The summed E-state index contributed by atoms with van der Waals surface area (Å²) in [6.45, 7) is 2.68. The van der Waals surface area contributed by atoms with Gasteiger partial charge in [0.1, 0.15) is 0 Å². The second-order valence-electron chi connectivity index (χ2n) is 10.1. The molecule has 5 heteroatoms. The number of benzene rings is 3. The number of carbonyl (C=O) groups excluding carboxylic acids is 1. The van der Waals surface area contributed by atoms with Crippen LogP contribution >= 0.6 is 12.4 Å². The zero-order valence-electron chi connectivity index (χ0n) is 21.9. The Hall–Kier alpha value is -3.47. The molecule has 4 nitrogen and oxygen atoms in total. The van der Waals surface area contributed by atoms with E-state index in [9.17, 15) is 4.79 Å². The van der Waals surface area contributed by atoms with E-state index >= 15 is 0 Å². The van der Waals surface area contributed by atoms with Crippen molar-refractivity contribution in [1.82, 2.24) is 4.98 Å². The van der Waals surface area contributed by atoms with Gasteiger partial charge in [-0.25, -0.2) is 0 Å². The van der Waals surface area contributed by atoms with Crippen molar-refractivity contribution in [2.45, 2.75) is 44.6 Å². The maximum atomic E-state index is 13.8. The molecule has 1 aromatic heterocycles. The van der Waals surface area contributed by atoms with E-state index in [1.54, 1.807) is 6.20 Å². The number of rotatable bonds is 10. The van der Waals surface area contributed by atoms with E-state index in [0.717, 1.165) is 42.6 Å². The van der Waals surface area contributed by atoms with Gasteiger partial charge in [0.2, 0.25) is 5.91 Å². The zero-order chi connectivity index (χ0) is 25.6. The third kappa shape index (κ3) is 6.69. The van der Waals surface area contributed by atoms with Crippen molar-refractivity contribution in [2.75, 3.05) is 11.4 Å². The molecular weight excluding hydrogens is 490 g/mol. The van der Waals surface area contributed by atoms with Crippen molar-refractivity contribution in [1.29, 1.82) is 0 Å². The number of carbonyl (C=O) groups is 1. The predicted molar refractivity (Wildman–Crippen MR) is 159 cm³/mol. The summed E-state index contributed by atoms with van der Waals surface area (Å²) in [6.07, 6.45) is 5.60. The summed E-state index contributed by atoms with van der Waals surface area (Å²) in [5.74, 6) is 0.267. The first-order valence-electron chi connectivity index (χ1n) is 13.3. The van der Waals surface area contributed by atoms with Crippen molar-refractivity contribution in [3.05, 3.63) is 120 Å². The molecule has 0 aliphatic heterocycles. The molecule has 1 saturated carbocycles. The average Bonchev–Trinajstić information content (AvgIpc) is 3.75. The van der Waals surface area contributed by atoms with Crippen LogP contribution in [-0.4, -0.2) is 23.5 Å². The molecule has 3 atom stereocenters. The first kappa shape index (κ1) is 27.6. The molecule has 1 fully saturated rings. The number of hydrogen-bond donors (Lipinski definition) is 1. The first-order valence-corrected chi connectivity index (χ1v) is 13.3. The molecule has 5 rings (SSSR count). The number of hydrogen-bond acceptors (Lipinski definition) is 3. The Morgan fingerprint density at radius 2 is 1.55 bits per heavy atom. The molecule has 0 saturated heterocycles. The molecule has 2 N–H and O–H groups in total. The highest BCUT2D eigenvalue weighted by molar-refractivity contribution is 5.97. The van der Waals surface area contributed by atoms with Crippen LogP contribution < -0.4 is 10.6 Å². The summed E-state index contributed by atoms with van der Waals surface area (Å²) < 4.78 is 0. The summed E-state index contributed by atoms with van der Waals surface area (Å²) in [5, 5.41) is 0. The maximum absolute atomic E-state index is 13.8. The largest absolute Gasteiger partial charge is 0.326 e. The van der Waals surface area contributed by atoms with Crippen molar-refractivity contribution >= 4 is 24.0 Å². The van der Waals surface area contributed by atoms with E-state index in [1.807, 2.05) is 41.3 Å². The summed E-state index contributed by atoms with van der Waals surface area (Å²) in [6, 6.07) is 33.1. The predicted octanol–water partition coefficient (Wildman–Crippen LogP) is 6.83. The van der Waals surface area contributed by atoms with E-state index < -0.39 is 0 Å². The Balaban J connectivity index is 0.00000336. The SMILES string of the molecule is CCCc1ccc(-c2ccc(N(C[C@@H](N)Cc3ccccc3)C(=O)[C@@H]3C[C@H]3c3ccccn3)cc2)cc1.Cl. The van der Waals surface area contributed by atoms with Gasteiger partial charge in [-0.05, 0) is 65.8 Å². The minimum atomic E-state index is -0.163. The minimum Gasteiger partial charge on any atom is -0.326 e. The van der Waals surface area contributed by atoms with Crippen molar-refractivity contribution < 1.29 is 4.79 Å². The van der Waals surface area contributed by atoms with Gasteiger partial charge in [-0.1, -0.05) is 86.1 Å². The molecule has 38 heavy (non-hydrogen) atoms. The van der Waals surface area contributed by atoms with Gasteiger partial charge in [0.15, 0.2) is 0 Å². The first-order chi connectivity index (χ1) is 18.1. The highest BCUT2D eigenvalue weighted by Gasteiger charge is 2.47. The Bertz CT molecular complexity index is 1290. The van der Waals surface area contributed by atoms with Crippen LogP contribution in [0.15, 0.2) is 103 Å². The summed E-state index contributed by atoms with van der Waals surface area (Å²) in [7, 11) is 0. The molecule has 0 bridgehead atoms. The third-order valence-corrected chi connectivity index (χ3v) is 7.20. The third-order valence-electron chi connectivity index (χ3n) is 7.20. The number of nitrogens with zero attached hydrogens (tertiary/aromatic N) is 2. The Morgan fingerprint density at radius 3 is 2.18 bits per heavy atom. The van der Waals surface area contributed by atoms with Crippen LogP contribution in [0, 0.1) is 5.92 Å². The standard InChI is InChI=1S/C33H35N3O.ClH/c1-2-8-24-12-14-26(15-13-24)27-16-18-29(19-17-27)36(23-28(34)21-25-9-4-3-5-10-25)33(37)31-22-30(31)32-11-6-7-20-35-32;/h3-7,9-20,28,30-31H,2,8,21-23,34H2,1H3;1H/t28-,30+,31+;/m0./s1. The topological polar surface area (TPSA) is 59.2 Å².